The van der Waals surface area contributed by atoms with Crippen LogP contribution in [-0.4, -0.2) is 56.1 Å². The van der Waals surface area contributed by atoms with Crippen molar-refractivity contribution in [1.82, 2.24) is 4.90 Å². The van der Waals surface area contributed by atoms with Crippen molar-refractivity contribution in [1.29, 1.82) is 0 Å². The Balaban J connectivity index is 2.14. The minimum absolute atomic E-state index is 0.0844. The van der Waals surface area contributed by atoms with Crippen molar-refractivity contribution in [2.45, 2.75) is 0 Å². The van der Waals surface area contributed by atoms with Crippen LogP contribution < -0.4 is 9.47 Å². The average Bonchev–Trinajstić information content (AvgIpc) is 2.71. The van der Waals surface area contributed by atoms with Crippen LogP contribution in [0, 0.1) is 0 Å². The molecule has 0 aliphatic rings. The third-order valence-corrected chi connectivity index (χ3v) is 4.04. The number of hydrogen-bond donors (Lipinski definition) is 1. The Hall–Kier alpha value is -3.12. The van der Waals surface area contributed by atoms with Crippen molar-refractivity contribution in [2.75, 3.05) is 34.4 Å². The molecule has 0 aliphatic carbocycles. The number of aliphatic hydroxyl groups excluding tert-OH is 1. The summed E-state index contributed by atoms with van der Waals surface area (Å²) in [6.07, 6.45) is 3.12. The van der Waals surface area contributed by atoms with Gasteiger partial charge in [-0.1, -0.05) is 18.2 Å². The summed E-state index contributed by atoms with van der Waals surface area (Å²) in [6.45, 7) is 0.191. The second-order valence-electron chi connectivity index (χ2n) is 5.84. The molecule has 0 fully saturated rings. The number of nitrogens with zero attached hydrogens (tertiary/aromatic N) is 1. The highest BCUT2D eigenvalue weighted by Crippen LogP contribution is 2.25. The van der Waals surface area contributed by atoms with Crippen molar-refractivity contribution < 1.29 is 24.2 Å². The summed E-state index contributed by atoms with van der Waals surface area (Å²) in [5, 5.41) is 8.91. The molecule has 0 heterocycles. The molecule has 6 heteroatoms. The molecule has 0 aliphatic heterocycles. The summed E-state index contributed by atoms with van der Waals surface area (Å²) < 4.78 is 10.4. The average molecular weight is 369 g/mol. The van der Waals surface area contributed by atoms with Gasteiger partial charge in [-0.2, -0.15) is 0 Å². The van der Waals surface area contributed by atoms with Gasteiger partial charge in [0, 0.05) is 19.2 Å². The lowest BCUT2D eigenvalue weighted by atomic mass is 10.1. The highest BCUT2D eigenvalue weighted by molar-refractivity contribution is 6.09. The Morgan fingerprint density at radius 1 is 1.07 bits per heavy atom. The van der Waals surface area contributed by atoms with E-state index >= 15 is 0 Å². The van der Waals surface area contributed by atoms with Crippen LogP contribution in [0.15, 0.2) is 48.5 Å². The van der Waals surface area contributed by atoms with Crippen LogP contribution in [0.3, 0.4) is 0 Å². The normalized spacial score (nSPS) is 10.7. The van der Waals surface area contributed by atoms with Crippen molar-refractivity contribution in [2.24, 2.45) is 0 Å². The summed E-state index contributed by atoms with van der Waals surface area (Å²) in [6, 6.07) is 11.9. The third-order valence-electron chi connectivity index (χ3n) is 4.04. The first-order valence-electron chi connectivity index (χ1n) is 8.41. The minimum atomic E-state index is -0.214. The molecule has 0 radical (unpaired) electrons. The maximum Gasteiger partial charge on any atom is 0.253 e. The molecular weight excluding hydrogens is 346 g/mol. The SMILES string of the molecule is COc1ccc(OC)c(C(=O)C=Cc2ccc(C(=O)N(C)CCO)cc2)c1. The highest BCUT2D eigenvalue weighted by atomic mass is 16.5. The van der Waals surface area contributed by atoms with E-state index < -0.39 is 0 Å². The topological polar surface area (TPSA) is 76.1 Å². The first-order valence-corrected chi connectivity index (χ1v) is 8.41. The summed E-state index contributed by atoms with van der Waals surface area (Å²) in [4.78, 5) is 26.1. The Morgan fingerprint density at radius 2 is 1.78 bits per heavy atom. The second kappa shape index (κ2) is 9.54. The van der Waals surface area contributed by atoms with Gasteiger partial charge in [-0.25, -0.2) is 0 Å². The molecule has 0 spiro atoms. The van der Waals surface area contributed by atoms with E-state index in [-0.39, 0.29) is 24.8 Å². The van der Waals surface area contributed by atoms with Crippen molar-refractivity contribution >= 4 is 17.8 Å². The molecule has 0 unspecified atom stereocenters. The standard InChI is InChI=1S/C21H23NO5/c1-22(12-13-23)21(25)16-7-4-15(5-8-16)6-10-19(24)18-14-17(26-2)9-11-20(18)27-3/h4-11,14,23H,12-13H2,1-3H3. The van der Waals surface area contributed by atoms with E-state index in [1.54, 1.807) is 55.6 Å². The number of rotatable bonds is 8. The molecule has 1 N–H and O–H groups in total. The molecule has 0 bridgehead atoms. The van der Waals surface area contributed by atoms with E-state index in [0.29, 0.717) is 22.6 Å². The lowest BCUT2D eigenvalue weighted by Gasteiger charge is -2.15. The van der Waals surface area contributed by atoms with Gasteiger partial charge in [-0.3, -0.25) is 9.59 Å². The van der Waals surface area contributed by atoms with Gasteiger partial charge in [0.1, 0.15) is 11.5 Å². The largest absolute Gasteiger partial charge is 0.497 e. The molecule has 27 heavy (non-hydrogen) atoms. The van der Waals surface area contributed by atoms with Gasteiger partial charge in [0.15, 0.2) is 5.78 Å². The highest BCUT2D eigenvalue weighted by Gasteiger charge is 2.12. The maximum absolute atomic E-state index is 12.5. The molecule has 1 amide bonds. The molecule has 2 rings (SSSR count). The number of benzene rings is 2. The number of carbonyl (C=O) groups is 2. The monoisotopic (exact) mass is 369 g/mol. The molecule has 2 aromatic carbocycles. The number of hydrogen-bond acceptors (Lipinski definition) is 5. The predicted octanol–water partition coefficient (Wildman–Crippen LogP) is 2.66. The van der Waals surface area contributed by atoms with E-state index in [1.807, 2.05) is 0 Å². The number of aliphatic hydroxyl groups is 1. The number of ketones is 1. The zero-order chi connectivity index (χ0) is 19.8. The summed E-state index contributed by atoms with van der Waals surface area (Å²) in [7, 11) is 4.67. The number of allylic oxidation sites excluding steroid dienone is 1. The van der Waals surface area contributed by atoms with Crippen molar-refractivity contribution in [3.05, 3.63) is 65.2 Å². The summed E-state index contributed by atoms with van der Waals surface area (Å²) in [5.74, 6) is 0.658. The fraction of sp³-hybridized carbons (Fsp3) is 0.238. The Bertz CT molecular complexity index is 827. The van der Waals surface area contributed by atoms with E-state index in [9.17, 15) is 9.59 Å². The number of ether oxygens (including phenoxy) is 2. The number of likely N-dealkylation sites (N-methyl/N-ethyl adjacent to an activating group) is 1. The predicted molar refractivity (Wildman–Crippen MR) is 103 cm³/mol. The third kappa shape index (κ3) is 5.18. The molecule has 6 nitrogen and oxygen atoms in total. The Morgan fingerprint density at radius 3 is 2.37 bits per heavy atom. The molecule has 2 aromatic rings. The van der Waals surface area contributed by atoms with Crippen molar-refractivity contribution in [3.63, 3.8) is 0 Å². The fourth-order valence-electron chi connectivity index (χ4n) is 2.48. The molecule has 142 valence electrons. The van der Waals surface area contributed by atoms with Crippen LogP contribution in [0.25, 0.3) is 6.08 Å². The van der Waals surface area contributed by atoms with E-state index in [2.05, 4.69) is 0 Å². The van der Waals surface area contributed by atoms with Crippen LogP contribution in [-0.2, 0) is 0 Å². The van der Waals surface area contributed by atoms with E-state index in [1.165, 1.54) is 25.2 Å². The first-order chi connectivity index (χ1) is 13.0. The Kier molecular flexibility index (Phi) is 7.14. The quantitative estimate of drug-likeness (QED) is 0.572. The molecule has 0 saturated heterocycles. The van der Waals surface area contributed by atoms with Crippen LogP contribution in [0.2, 0.25) is 0 Å². The summed E-state index contributed by atoms with van der Waals surface area (Å²) in [5.41, 5.74) is 1.71. The number of methoxy groups -OCH3 is 2. The van der Waals surface area contributed by atoms with Crippen LogP contribution >= 0.6 is 0 Å². The van der Waals surface area contributed by atoms with Crippen LogP contribution in [0.5, 0.6) is 11.5 Å². The number of carbonyl (C=O) groups excluding carboxylic acids is 2. The smallest absolute Gasteiger partial charge is 0.253 e. The van der Waals surface area contributed by atoms with Gasteiger partial charge < -0.3 is 19.5 Å². The van der Waals surface area contributed by atoms with Crippen LogP contribution in [0.4, 0.5) is 0 Å². The van der Waals surface area contributed by atoms with Crippen molar-refractivity contribution in [3.8, 4) is 11.5 Å². The molecule has 0 atom stereocenters. The van der Waals surface area contributed by atoms with Gasteiger partial charge in [0.05, 0.1) is 26.4 Å². The lowest BCUT2D eigenvalue weighted by Crippen LogP contribution is -2.29. The van der Waals surface area contributed by atoms with E-state index in [0.717, 1.165) is 5.56 Å². The fourth-order valence-corrected chi connectivity index (χ4v) is 2.48. The zero-order valence-corrected chi connectivity index (χ0v) is 15.6. The second-order valence-corrected chi connectivity index (χ2v) is 5.84. The zero-order valence-electron chi connectivity index (χ0n) is 15.6. The number of amides is 1. The molecular formula is C21H23NO5. The maximum atomic E-state index is 12.5. The van der Waals surface area contributed by atoms with Gasteiger partial charge in [-0.05, 0) is 42.0 Å². The van der Waals surface area contributed by atoms with Crippen LogP contribution in [0.1, 0.15) is 26.3 Å². The molecule has 0 saturated carbocycles. The van der Waals surface area contributed by atoms with E-state index in [4.69, 9.17) is 14.6 Å². The molecule has 0 aromatic heterocycles. The Labute approximate surface area is 158 Å². The first kappa shape index (κ1) is 20.2. The van der Waals surface area contributed by atoms with Gasteiger partial charge in [0.25, 0.3) is 5.91 Å². The lowest BCUT2D eigenvalue weighted by molar-refractivity contribution is 0.0767. The summed E-state index contributed by atoms with van der Waals surface area (Å²) >= 11 is 0. The van der Waals surface area contributed by atoms with Gasteiger partial charge in [0.2, 0.25) is 0 Å². The van der Waals surface area contributed by atoms with Gasteiger partial charge in [-0.15, -0.1) is 0 Å². The minimum Gasteiger partial charge on any atom is -0.497 e. The van der Waals surface area contributed by atoms with Gasteiger partial charge >= 0.3 is 0 Å².